The highest BCUT2D eigenvalue weighted by Gasteiger charge is 2.45. The van der Waals surface area contributed by atoms with Gasteiger partial charge in [0.25, 0.3) is 5.56 Å². The van der Waals surface area contributed by atoms with Crippen LogP contribution in [0.1, 0.15) is 32.3 Å². The van der Waals surface area contributed by atoms with Crippen molar-refractivity contribution in [1.82, 2.24) is 9.55 Å². The van der Waals surface area contributed by atoms with Crippen molar-refractivity contribution in [2.45, 2.75) is 44.9 Å². The quantitative estimate of drug-likeness (QED) is 0.782. The highest BCUT2D eigenvalue weighted by molar-refractivity contribution is 5.04. The summed E-state index contributed by atoms with van der Waals surface area (Å²) in [6.07, 6.45) is 2.77. The van der Waals surface area contributed by atoms with Crippen LogP contribution in [0.3, 0.4) is 0 Å². The molecule has 1 aliphatic heterocycles. The third-order valence-corrected chi connectivity index (χ3v) is 3.55. The summed E-state index contributed by atoms with van der Waals surface area (Å²) in [4.78, 5) is 25.5. The molecule has 1 aromatic heterocycles. The van der Waals surface area contributed by atoms with Gasteiger partial charge in [-0.1, -0.05) is 0 Å². The van der Waals surface area contributed by atoms with E-state index in [0.717, 1.165) is 0 Å². The topological polar surface area (TPSA) is 84.3 Å². The van der Waals surface area contributed by atoms with Gasteiger partial charge in [0.05, 0.1) is 12.2 Å². The molecule has 100 valence electrons. The van der Waals surface area contributed by atoms with Crippen LogP contribution in [-0.4, -0.2) is 26.9 Å². The molecule has 0 amide bonds. The summed E-state index contributed by atoms with van der Waals surface area (Å²) in [5, 5.41) is 9.30. The predicted octanol–water partition coefficient (Wildman–Crippen LogP) is 0.0791. The number of ether oxygens (including phenoxy) is 1. The zero-order valence-corrected chi connectivity index (χ0v) is 10.8. The molecule has 0 spiro atoms. The molecule has 6 heteroatoms. The van der Waals surface area contributed by atoms with E-state index in [1.807, 2.05) is 6.92 Å². The molecular weight excluding hydrogens is 236 g/mol. The fourth-order valence-electron chi connectivity index (χ4n) is 2.33. The van der Waals surface area contributed by atoms with Gasteiger partial charge in [0.2, 0.25) is 0 Å². The Balaban J connectivity index is 2.47. The first-order chi connectivity index (χ1) is 8.30. The monoisotopic (exact) mass is 254 g/mol. The number of nitrogens with zero attached hydrogens (tertiary/aromatic N) is 1. The van der Waals surface area contributed by atoms with Crippen LogP contribution in [-0.2, 0) is 10.5 Å². The Hall–Kier alpha value is -1.40. The zero-order valence-electron chi connectivity index (χ0n) is 10.8. The molecule has 1 fully saturated rings. The van der Waals surface area contributed by atoms with E-state index in [4.69, 9.17) is 4.74 Å². The summed E-state index contributed by atoms with van der Waals surface area (Å²) in [5.41, 5.74) is -1.89. The molecule has 1 aromatic rings. The predicted molar refractivity (Wildman–Crippen MR) is 65.5 cm³/mol. The Bertz CT molecular complexity index is 576. The highest BCUT2D eigenvalue weighted by atomic mass is 16.6. The second-order valence-electron chi connectivity index (χ2n) is 5.33. The van der Waals surface area contributed by atoms with Crippen molar-refractivity contribution < 1.29 is 9.84 Å². The molecule has 0 saturated carbocycles. The van der Waals surface area contributed by atoms with Gasteiger partial charge in [-0.15, -0.1) is 0 Å². The summed E-state index contributed by atoms with van der Waals surface area (Å²) in [7, 11) is 0. The minimum absolute atomic E-state index is 0.0975. The van der Waals surface area contributed by atoms with Crippen LogP contribution in [0.4, 0.5) is 0 Å². The number of hydrogen-bond donors (Lipinski definition) is 2. The molecule has 2 heterocycles. The van der Waals surface area contributed by atoms with Crippen LogP contribution in [0.15, 0.2) is 15.8 Å². The number of nitrogens with one attached hydrogen (secondary N) is 1. The summed E-state index contributed by atoms with van der Waals surface area (Å²) < 4.78 is 7.23. The van der Waals surface area contributed by atoms with Crippen molar-refractivity contribution in [2.75, 3.05) is 6.61 Å². The molecule has 1 aliphatic rings. The van der Waals surface area contributed by atoms with Gasteiger partial charge in [0.15, 0.2) is 0 Å². The van der Waals surface area contributed by atoms with Crippen LogP contribution < -0.4 is 11.2 Å². The number of aliphatic hydroxyl groups is 1. The van der Waals surface area contributed by atoms with Crippen molar-refractivity contribution in [3.05, 3.63) is 32.6 Å². The van der Waals surface area contributed by atoms with Crippen molar-refractivity contribution in [3.8, 4) is 0 Å². The van der Waals surface area contributed by atoms with Crippen LogP contribution in [0.5, 0.6) is 0 Å². The number of H-pyrrole nitrogens is 1. The molecule has 2 N–H and O–H groups in total. The highest BCUT2D eigenvalue weighted by Crippen LogP contribution is 2.39. The number of aryl methyl sites for hydroxylation is 1. The Labute approximate surface area is 104 Å². The van der Waals surface area contributed by atoms with Crippen LogP contribution in [0.25, 0.3) is 0 Å². The third-order valence-electron chi connectivity index (χ3n) is 3.55. The Morgan fingerprint density at radius 3 is 2.67 bits per heavy atom. The first kappa shape index (κ1) is 13.0. The molecule has 0 aromatic carbocycles. The zero-order chi connectivity index (χ0) is 13.6. The molecule has 1 saturated heterocycles. The van der Waals surface area contributed by atoms with E-state index in [1.165, 1.54) is 10.8 Å². The van der Waals surface area contributed by atoms with Crippen molar-refractivity contribution in [1.29, 1.82) is 0 Å². The number of aromatic nitrogens is 2. The summed E-state index contributed by atoms with van der Waals surface area (Å²) in [5.74, 6) is 0. The van der Waals surface area contributed by atoms with E-state index in [-0.39, 0.29) is 12.2 Å². The molecule has 0 aliphatic carbocycles. The maximum absolute atomic E-state index is 11.8. The lowest BCUT2D eigenvalue weighted by molar-refractivity contribution is -0.148. The van der Waals surface area contributed by atoms with Crippen LogP contribution >= 0.6 is 0 Å². The third kappa shape index (κ3) is 2.02. The van der Waals surface area contributed by atoms with Crippen LogP contribution in [0, 0.1) is 6.92 Å². The molecular formula is C12H18N2O4. The SMILES string of the molecule is Cc1cn([C@@]2(C)CC[C@@](C)(CO)O2)c(=O)[nH]c1=O. The van der Waals surface area contributed by atoms with E-state index in [2.05, 4.69) is 4.98 Å². The minimum atomic E-state index is -0.830. The van der Waals surface area contributed by atoms with E-state index >= 15 is 0 Å². The van der Waals surface area contributed by atoms with Crippen molar-refractivity contribution >= 4 is 0 Å². The smallest absolute Gasteiger partial charge is 0.330 e. The number of rotatable bonds is 2. The van der Waals surface area contributed by atoms with Gasteiger partial charge in [-0.3, -0.25) is 14.3 Å². The normalized spacial score (nSPS) is 31.8. The molecule has 2 atom stereocenters. The minimum Gasteiger partial charge on any atom is -0.393 e. The maximum Gasteiger partial charge on any atom is 0.330 e. The molecule has 0 unspecified atom stereocenters. The number of aliphatic hydroxyl groups excluding tert-OH is 1. The molecule has 2 rings (SSSR count). The molecule has 0 radical (unpaired) electrons. The first-order valence-electron chi connectivity index (χ1n) is 5.94. The van der Waals surface area contributed by atoms with Gasteiger partial charge >= 0.3 is 5.69 Å². The van der Waals surface area contributed by atoms with E-state index < -0.39 is 17.0 Å². The Kier molecular flexibility index (Phi) is 2.95. The van der Waals surface area contributed by atoms with Crippen molar-refractivity contribution in [3.63, 3.8) is 0 Å². The van der Waals surface area contributed by atoms with Gasteiger partial charge in [-0.2, -0.15) is 0 Å². The first-order valence-corrected chi connectivity index (χ1v) is 5.94. The number of aromatic amines is 1. The standard InChI is InChI=1S/C12H18N2O4/c1-8-6-14(10(17)13-9(8)16)12(3)5-4-11(2,7-15)18-12/h6,15H,4-5,7H2,1-3H3,(H,13,16,17)/t11-,12+/m0/s1. The summed E-state index contributed by atoms with van der Waals surface area (Å²) in [6, 6.07) is 0. The second-order valence-corrected chi connectivity index (χ2v) is 5.33. The average molecular weight is 254 g/mol. The molecule has 18 heavy (non-hydrogen) atoms. The van der Waals surface area contributed by atoms with Crippen LogP contribution in [0.2, 0.25) is 0 Å². The van der Waals surface area contributed by atoms with E-state index in [9.17, 15) is 14.7 Å². The molecule has 6 nitrogen and oxygen atoms in total. The van der Waals surface area contributed by atoms with Gasteiger partial charge in [0.1, 0.15) is 5.72 Å². The largest absolute Gasteiger partial charge is 0.393 e. The average Bonchev–Trinajstić information content (AvgIpc) is 2.62. The molecule has 0 bridgehead atoms. The second kappa shape index (κ2) is 4.07. The van der Waals surface area contributed by atoms with Gasteiger partial charge in [-0.25, -0.2) is 4.79 Å². The number of hydrogen-bond acceptors (Lipinski definition) is 4. The summed E-state index contributed by atoms with van der Waals surface area (Å²) in [6.45, 7) is 5.13. The fourth-order valence-corrected chi connectivity index (χ4v) is 2.33. The Morgan fingerprint density at radius 1 is 1.44 bits per heavy atom. The van der Waals surface area contributed by atoms with Crippen molar-refractivity contribution in [2.24, 2.45) is 0 Å². The lowest BCUT2D eigenvalue weighted by Gasteiger charge is -2.30. The lowest BCUT2D eigenvalue weighted by Crippen LogP contribution is -2.44. The van der Waals surface area contributed by atoms with Gasteiger partial charge in [-0.05, 0) is 33.6 Å². The van der Waals surface area contributed by atoms with Gasteiger partial charge < -0.3 is 9.84 Å². The van der Waals surface area contributed by atoms with E-state index in [0.29, 0.717) is 18.4 Å². The van der Waals surface area contributed by atoms with Gasteiger partial charge in [0, 0.05) is 11.8 Å². The lowest BCUT2D eigenvalue weighted by atomic mass is 10.0. The maximum atomic E-state index is 11.8. The Morgan fingerprint density at radius 2 is 2.11 bits per heavy atom. The fraction of sp³-hybridized carbons (Fsp3) is 0.667. The summed E-state index contributed by atoms with van der Waals surface area (Å²) >= 11 is 0. The van der Waals surface area contributed by atoms with E-state index in [1.54, 1.807) is 13.8 Å².